The smallest absolute Gasteiger partial charge is 0.230 e. The van der Waals surface area contributed by atoms with Gasteiger partial charge in [0.1, 0.15) is 0 Å². The Morgan fingerprint density at radius 3 is 2.53 bits per heavy atom. The minimum Gasteiger partial charge on any atom is -0.351 e. The first-order valence-electron chi connectivity index (χ1n) is 9.95. The lowest BCUT2D eigenvalue weighted by Crippen LogP contribution is -2.24. The van der Waals surface area contributed by atoms with Gasteiger partial charge in [0.25, 0.3) is 0 Å². The molecular formula is C22H22Cl2N4OS. The van der Waals surface area contributed by atoms with Crippen LogP contribution in [-0.4, -0.2) is 26.4 Å². The fourth-order valence-corrected chi connectivity index (χ4v) is 4.86. The normalized spacial score (nSPS) is 14.2. The first kappa shape index (κ1) is 21.2. The summed E-state index contributed by atoms with van der Waals surface area (Å²) in [7, 11) is 0. The number of hydrogen-bond donors (Lipinski definition) is 1. The first-order valence-corrected chi connectivity index (χ1v) is 11.7. The summed E-state index contributed by atoms with van der Waals surface area (Å²) >= 11 is 13.7. The third-order valence-corrected chi connectivity index (χ3v) is 6.73. The second kappa shape index (κ2) is 9.86. The average Bonchev–Trinajstić information content (AvgIpc) is 3.42. The van der Waals surface area contributed by atoms with E-state index in [0.29, 0.717) is 22.6 Å². The largest absolute Gasteiger partial charge is 0.351 e. The molecule has 1 heterocycles. The van der Waals surface area contributed by atoms with Crippen molar-refractivity contribution < 1.29 is 4.79 Å². The minimum absolute atomic E-state index is 0.0461. The Bertz CT molecular complexity index is 1020. The van der Waals surface area contributed by atoms with E-state index in [4.69, 9.17) is 23.2 Å². The van der Waals surface area contributed by atoms with Crippen molar-refractivity contribution in [1.29, 1.82) is 0 Å². The maximum Gasteiger partial charge on any atom is 0.230 e. The van der Waals surface area contributed by atoms with Gasteiger partial charge in [-0.25, -0.2) is 0 Å². The molecule has 0 aliphatic heterocycles. The number of hydrogen-bond acceptors (Lipinski definition) is 4. The van der Waals surface area contributed by atoms with E-state index in [2.05, 4.69) is 20.1 Å². The Hall–Kier alpha value is -2.02. The van der Waals surface area contributed by atoms with Gasteiger partial charge in [-0.15, -0.1) is 10.2 Å². The number of rotatable bonds is 7. The summed E-state index contributed by atoms with van der Waals surface area (Å²) in [6, 6.07) is 15.5. The maximum absolute atomic E-state index is 12.4. The fraction of sp³-hybridized carbons (Fsp3) is 0.318. The van der Waals surface area contributed by atoms with Crippen molar-refractivity contribution in [3.63, 3.8) is 0 Å². The number of benzene rings is 2. The summed E-state index contributed by atoms with van der Waals surface area (Å²) < 4.78 is 2.17. The lowest BCUT2D eigenvalue weighted by molar-refractivity contribution is -0.118. The van der Waals surface area contributed by atoms with Crippen LogP contribution in [0.1, 0.15) is 37.3 Å². The summed E-state index contributed by atoms with van der Waals surface area (Å²) in [6.07, 6.45) is 4.56. The predicted octanol–water partition coefficient (Wildman–Crippen LogP) is 5.78. The Morgan fingerprint density at radius 1 is 1.07 bits per heavy atom. The Balaban J connectivity index is 1.46. The van der Waals surface area contributed by atoms with Gasteiger partial charge in [0.05, 0.1) is 10.8 Å². The Morgan fingerprint density at radius 2 is 1.80 bits per heavy atom. The van der Waals surface area contributed by atoms with Gasteiger partial charge in [0.2, 0.25) is 5.91 Å². The molecule has 0 spiro atoms. The van der Waals surface area contributed by atoms with E-state index in [1.165, 1.54) is 24.6 Å². The summed E-state index contributed by atoms with van der Waals surface area (Å²) in [5.41, 5.74) is 1.88. The molecule has 1 aliphatic rings. The van der Waals surface area contributed by atoms with Crippen LogP contribution < -0.4 is 5.32 Å². The number of carbonyl (C=O) groups is 1. The molecule has 1 amide bonds. The van der Waals surface area contributed by atoms with E-state index in [9.17, 15) is 4.79 Å². The molecule has 1 saturated carbocycles. The lowest BCUT2D eigenvalue weighted by Gasteiger charge is -2.17. The molecule has 5 nitrogen and oxygen atoms in total. The van der Waals surface area contributed by atoms with Crippen molar-refractivity contribution in [3.8, 4) is 11.4 Å². The molecule has 0 bridgehead atoms. The van der Waals surface area contributed by atoms with Crippen LogP contribution in [-0.2, 0) is 11.3 Å². The molecule has 0 saturated heterocycles. The lowest BCUT2D eigenvalue weighted by atomic mass is 10.2. The molecule has 0 atom stereocenters. The highest BCUT2D eigenvalue weighted by Gasteiger charge is 2.26. The quantitative estimate of drug-likeness (QED) is 0.454. The molecule has 2 aromatic carbocycles. The van der Waals surface area contributed by atoms with Crippen LogP contribution in [0.4, 0.5) is 0 Å². The number of aromatic nitrogens is 3. The average molecular weight is 461 g/mol. The van der Waals surface area contributed by atoms with Crippen molar-refractivity contribution in [3.05, 3.63) is 64.1 Å². The summed E-state index contributed by atoms with van der Waals surface area (Å²) in [4.78, 5) is 12.4. The second-order valence-corrected chi connectivity index (χ2v) is 9.07. The van der Waals surface area contributed by atoms with Crippen molar-refractivity contribution in [2.75, 3.05) is 5.75 Å². The molecule has 4 rings (SSSR count). The number of carbonyl (C=O) groups excluding carboxylic acids is 1. The Kier molecular flexibility index (Phi) is 6.97. The van der Waals surface area contributed by atoms with Gasteiger partial charge < -0.3 is 5.32 Å². The van der Waals surface area contributed by atoms with Gasteiger partial charge in [0, 0.05) is 23.2 Å². The molecule has 1 N–H and O–H groups in total. The molecule has 3 aromatic rings. The van der Waals surface area contributed by atoms with Crippen LogP contribution >= 0.6 is 35.0 Å². The van der Waals surface area contributed by atoms with Crippen LogP contribution in [0.2, 0.25) is 10.0 Å². The minimum atomic E-state index is -0.0461. The van der Waals surface area contributed by atoms with Crippen LogP contribution in [0.3, 0.4) is 0 Å². The van der Waals surface area contributed by atoms with E-state index < -0.39 is 0 Å². The van der Waals surface area contributed by atoms with E-state index in [1.54, 1.807) is 0 Å². The number of halogens is 2. The molecule has 1 fully saturated rings. The van der Waals surface area contributed by atoms with E-state index in [1.807, 2.05) is 48.5 Å². The van der Waals surface area contributed by atoms with Crippen molar-refractivity contribution in [2.45, 2.75) is 43.4 Å². The van der Waals surface area contributed by atoms with Crippen LogP contribution in [0.5, 0.6) is 0 Å². The van der Waals surface area contributed by atoms with Crippen molar-refractivity contribution >= 4 is 40.9 Å². The van der Waals surface area contributed by atoms with Gasteiger partial charge in [-0.2, -0.15) is 0 Å². The standard InChI is InChI=1S/C22H22Cl2N4OS/c23-16-11-9-15(10-12-16)13-25-20(29)14-30-22-27-26-21(18-7-3-4-8-19(18)24)28(22)17-5-1-2-6-17/h3-4,7-12,17H,1-2,5-6,13-14H2,(H,25,29). The van der Waals surface area contributed by atoms with Gasteiger partial charge >= 0.3 is 0 Å². The van der Waals surface area contributed by atoms with Gasteiger partial charge in [-0.3, -0.25) is 9.36 Å². The number of amides is 1. The van der Waals surface area contributed by atoms with E-state index in [0.717, 1.165) is 34.9 Å². The topological polar surface area (TPSA) is 59.8 Å². The molecule has 0 unspecified atom stereocenters. The number of nitrogens with zero attached hydrogens (tertiary/aromatic N) is 3. The van der Waals surface area contributed by atoms with Crippen LogP contribution in [0.15, 0.2) is 53.7 Å². The number of thioether (sulfide) groups is 1. The third kappa shape index (κ3) is 4.99. The van der Waals surface area contributed by atoms with Crippen LogP contribution in [0, 0.1) is 0 Å². The molecule has 1 aliphatic carbocycles. The summed E-state index contributed by atoms with van der Waals surface area (Å²) in [5, 5.41) is 13.9. The van der Waals surface area contributed by atoms with Crippen molar-refractivity contribution in [1.82, 2.24) is 20.1 Å². The molecule has 1 aromatic heterocycles. The zero-order valence-corrected chi connectivity index (χ0v) is 18.7. The second-order valence-electron chi connectivity index (χ2n) is 7.29. The molecule has 8 heteroatoms. The zero-order valence-electron chi connectivity index (χ0n) is 16.4. The zero-order chi connectivity index (χ0) is 20.9. The molecular weight excluding hydrogens is 439 g/mol. The number of nitrogens with one attached hydrogen (secondary N) is 1. The maximum atomic E-state index is 12.4. The molecule has 30 heavy (non-hydrogen) atoms. The van der Waals surface area contributed by atoms with Crippen molar-refractivity contribution in [2.24, 2.45) is 0 Å². The fourth-order valence-electron chi connectivity index (χ4n) is 3.68. The SMILES string of the molecule is O=C(CSc1nnc(-c2ccccc2Cl)n1C1CCCC1)NCc1ccc(Cl)cc1. The van der Waals surface area contributed by atoms with Crippen LogP contribution in [0.25, 0.3) is 11.4 Å². The Labute approximate surface area is 190 Å². The predicted molar refractivity (Wildman–Crippen MR) is 122 cm³/mol. The first-order chi connectivity index (χ1) is 14.6. The van der Waals surface area contributed by atoms with E-state index in [-0.39, 0.29) is 11.7 Å². The highest BCUT2D eigenvalue weighted by Crippen LogP contribution is 2.38. The third-order valence-electron chi connectivity index (χ3n) is 5.20. The van der Waals surface area contributed by atoms with Gasteiger partial charge in [0.15, 0.2) is 11.0 Å². The van der Waals surface area contributed by atoms with Gasteiger partial charge in [-0.05, 0) is 42.7 Å². The summed E-state index contributed by atoms with van der Waals surface area (Å²) in [6.45, 7) is 0.469. The van der Waals surface area contributed by atoms with E-state index >= 15 is 0 Å². The van der Waals surface area contributed by atoms with Gasteiger partial charge in [-0.1, -0.05) is 72.1 Å². The monoisotopic (exact) mass is 460 g/mol. The molecule has 156 valence electrons. The molecule has 0 radical (unpaired) electrons. The highest BCUT2D eigenvalue weighted by molar-refractivity contribution is 7.99. The highest BCUT2D eigenvalue weighted by atomic mass is 35.5. The summed E-state index contributed by atoms with van der Waals surface area (Å²) in [5.74, 6) is 1.01.